The second kappa shape index (κ2) is 10.1. The highest BCUT2D eigenvalue weighted by atomic mass is 19.1. The van der Waals surface area contributed by atoms with Gasteiger partial charge in [0.05, 0.1) is 30.3 Å². The maximum atomic E-state index is 14.4. The summed E-state index contributed by atoms with van der Waals surface area (Å²) in [5.74, 6) is 0.213. The Kier molecular flexibility index (Phi) is 7.03. The average molecular weight is 452 g/mol. The van der Waals surface area contributed by atoms with Crippen molar-refractivity contribution >= 4 is 23.4 Å². The lowest BCUT2D eigenvalue weighted by Crippen LogP contribution is -2.26. The van der Waals surface area contributed by atoms with Crippen LogP contribution in [0.5, 0.6) is 5.75 Å². The molecule has 1 aliphatic heterocycles. The van der Waals surface area contributed by atoms with E-state index in [1.807, 2.05) is 6.07 Å². The molecule has 1 aromatic heterocycles. The number of carbonyl (C=O) groups excluding carboxylic acids is 1. The Morgan fingerprint density at radius 2 is 2.09 bits per heavy atom. The summed E-state index contributed by atoms with van der Waals surface area (Å²) in [6.45, 7) is 4.54. The molecule has 1 amide bonds. The monoisotopic (exact) mass is 451 g/mol. The number of hydrogen-bond donors (Lipinski definition) is 3. The van der Waals surface area contributed by atoms with E-state index in [1.54, 1.807) is 25.5 Å². The summed E-state index contributed by atoms with van der Waals surface area (Å²) in [6.07, 6.45) is 9.17. The first-order chi connectivity index (χ1) is 15.9. The number of nitrogens with one attached hydrogen (secondary N) is 3. The summed E-state index contributed by atoms with van der Waals surface area (Å²) in [4.78, 5) is 18.9. The molecule has 0 radical (unpaired) electrons. The van der Waals surface area contributed by atoms with E-state index in [-0.39, 0.29) is 11.6 Å². The van der Waals surface area contributed by atoms with Crippen molar-refractivity contribution in [3.63, 3.8) is 0 Å². The van der Waals surface area contributed by atoms with E-state index in [2.05, 4.69) is 27.6 Å². The predicted molar refractivity (Wildman–Crippen MR) is 127 cm³/mol. The molecule has 2 aromatic rings. The van der Waals surface area contributed by atoms with Crippen molar-refractivity contribution in [3.8, 4) is 5.75 Å². The van der Waals surface area contributed by atoms with Gasteiger partial charge in [0.1, 0.15) is 11.6 Å². The molecule has 2 aliphatic rings. The Hall–Kier alpha value is -3.26. The second-order valence-electron chi connectivity index (χ2n) is 8.92. The number of carbonyl (C=O) groups is 1. The SMILES string of the molecule is Cc1cc(F)c(C(=O)NC2CC2)cc1/C(C=N)=C/Nc1cncc(OCC2CCN(C)C2)c1. The molecule has 1 saturated heterocycles. The number of benzene rings is 1. The maximum absolute atomic E-state index is 14.4. The lowest BCUT2D eigenvalue weighted by atomic mass is 9.98. The summed E-state index contributed by atoms with van der Waals surface area (Å²) >= 11 is 0. The third-order valence-corrected chi connectivity index (χ3v) is 6.02. The number of ether oxygens (including phenoxy) is 1. The van der Waals surface area contributed by atoms with Crippen molar-refractivity contribution < 1.29 is 13.9 Å². The molecule has 4 rings (SSSR count). The molecule has 2 fully saturated rings. The van der Waals surface area contributed by atoms with Crippen LogP contribution in [0.15, 0.2) is 36.8 Å². The van der Waals surface area contributed by atoms with Crippen LogP contribution in [-0.4, -0.2) is 54.8 Å². The largest absolute Gasteiger partial charge is 0.492 e. The molecular weight excluding hydrogens is 421 g/mol. The van der Waals surface area contributed by atoms with Crippen LogP contribution in [0.1, 0.15) is 40.7 Å². The Labute approximate surface area is 193 Å². The van der Waals surface area contributed by atoms with Gasteiger partial charge >= 0.3 is 0 Å². The Bertz CT molecular complexity index is 1070. The van der Waals surface area contributed by atoms with Gasteiger partial charge in [0.2, 0.25) is 0 Å². The van der Waals surface area contributed by atoms with E-state index in [9.17, 15) is 9.18 Å². The maximum Gasteiger partial charge on any atom is 0.254 e. The zero-order valence-corrected chi connectivity index (χ0v) is 19.0. The minimum Gasteiger partial charge on any atom is -0.492 e. The van der Waals surface area contributed by atoms with Crippen LogP contribution in [0, 0.1) is 24.1 Å². The minimum atomic E-state index is -0.561. The highest BCUT2D eigenvalue weighted by Crippen LogP contribution is 2.25. The molecule has 8 heteroatoms. The van der Waals surface area contributed by atoms with Gasteiger partial charge in [-0.2, -0.15) is 0 Å². The number of aromatic nitrogens is 1. The molecule has 1 aliphatic carbocycles. The highest BCUT2D eigenvalue weighted by Gasteiger charge is 2.25. The number of amides is 1. The Morgan fingerprint density at radius 1 is 1.27 bits per heavy atom. The molecule has 3 N–H and O–H groups in total. The van der Waals surface area contributed by atoms with Gasteiger partial charge in [-0.3, -0.25) is 9.78 Å². The van der Waals surface area contributed by atoms with E-state index < -0.39 is 11.7 Å². The van der Waals surface area contributed by atoms with Gasteiger partial charge in [-0.05, 0) is 63.0 Å². The van der Waals surface area contributed by atoms with Gasteiger partial charge in [-0.15, -0.1) is 0 Å². The molecule has 174 valence electrons. The van der Waals surface area contributed by atoms with Crippen LogP contribution >= 0.6 is 0 Å². The number of rotatable bonds is 9. The fourth-order valence-electron chi connectivity index (χ4n) is 3.96. The number of hydrogen-bond acceptors (Lipinski definition) is 6. The number of halogens is 1. The number of pyridine rings is 1. The molecule has 0 bridgehead atoms. The van der Waals surface area contributed by atoms with E-state index in [1.165, 1.54) is 18.3 Å². The predicted octanol–water partition coefficient (Wildman–Crippen LogP) is 3.85. The zero-order valence-electron chi connectivity index (χ0n) is 19.0. The van der Waals surface area contributed by atoms with Crippen LogP contribution in [0.2, 0.25) is 0 Å². The molecule has 33 heavy (non-hydrogen) atoms. The van der Waals surface area contributed by atoms with Crippen LogP contribution in [0.3, 0.4) is 0 Å². The van der Waals surface area contributed by atoms with E-state index in [0.717, 1.165) is 32.4 Å². The number of nitrogens with zero attached hydrogens (tertiary/aromatic N) is 2. The molecule has 1 aromatic carbocycles. The third-order valence-electron chi connectivity index (χ3n) is 6.02. The third kappa shape index (κ3) is 5.96. The summed E-state index contributed by atoms with van der Waals surface area (Å²) in [7, 11) is 2.12. The molecule has 1 unspecified atom stereocenters. The van der Waals surface area contributed by atoms with Crippen molar-refractivity contribution in [3.05, 3.63) is 59.3 Å². The van der Waals surface area contributed by atoms with E-state index in [4.69, 9.17) is 10.1 Å². The Balaban J connectivity index is 1.46. The van der Waals surface area contributed by atoms with Crippen molar-refractivity contribution in [2.75, 3.05) is 32.1 Å². The molecule has 7 nitrogen and oxygen atoms in total. The summed E-state index contributed by atoms with van der Waals surface area (Å²) in [5, 5.41) is 13.8. The molecule has 1 atom stereocenters. The average Bonchev–Trinajstić information content (AvgIpc) is 3.51. The van der Waals surface area contributed by atoms with Gasteiger partial charge in [0.15, 0.2) is 0 Å². The van der Waals surface area contributed by atoms with Crippen LogP contribution in [-0.2, 0) is 0 Å². The number of allylic oxidation sites excluding steroid dienone is 1. The van der Waals surface area contributed by atoms with E-state index in [0.29, 0.717) is 40.7 Å². The van der Waals surface area contributed by atoms with Crippen molar-refractivity contribution in [1.29, 1.82) is 5.41 Å². The molecule has 2 heterocycles. The van der Waals surface area contributed by atoms with Gasteiger partial charge in [-0.1, -0.05) is 0 Å². The molecule has 0 spiro atoms. The normalized spacial score (nSPS) is 18.8. The van der Waals surface area contributed by atoms with Gasteiger partial charge in [0, 0.05) is 42.6 Å². The first kappa shape index (κ1) is 22.9. The first-order valence-electron chi connectivity index (χ1n) is 11.3. The summed E-state index contributed by atoms with van der Waals surface area (Å²) in [5.41, 5.74) is 2.48. The molecular formula is C25H30FN5O2. The van der Waals surface area contributed by atoms with Gasteiger partial charge < -0.3 is 25.7 Å². The standard InChI is InChI=1S/C25H30FN5O2/c1-16-7-24(26)23(25(32)30-19-3-4-19)9-22(16)18(10-27)11-29-20-8-21(13-28-12-20)33-15-17-5-6-31(2)14-17/h7-13,17,19,27,29H,3-6,14-15H2,1-2H3,(H,30,32)/b18-11+,27-10?. The summed E-state index contributed by atoms with van der Waals surface area (Å²) < 4.78 is 20.4. The quantitative estimate of drug-likeness (QED) is 0.504. The summed E-state index contributed by atoms with van der Waals surface area (Å²) in [6, 6.07) is 4.84. The van der Waals surface area contributed by atoms with Gasteiger partial charge in [0.25, 0.3) is 5.91 Å². The number of likely N-dealkylation sites (tertiary alicyclic amines) is 1. The van der Waals surface area contributed by atoms with E-state index >= 15 is 0 Å². The first-order valence-corrected chi connectivity index (χ1v) is 11.3. The smallest absolute Gasteiger partial charge is 0.254 e. The second-order valence-corrected chi connectivity index (χ2v) is 8.92. The van der Waals surface area contributed by atoms with Crippen molar-refractivity contribution in [2.24, 2.45) is 5.92 Å². The van der Waals surface area contributed by atoms with Crippen LogP contribution in [0.25, 0.3) is 5.57 Å². The van der Waals surface area contributed by atoms with Crippen LogP contribution < -0.4 is 15.4 Å². The molecule has 1 saturated carbocycles. The topological polar surface area (TPSA) is 90.3 Å². The minimum absolute atomic E-state index is 0.00938. The number of anilines is 1. The lowest BCUT2D eigenvalue weighted by Gasteiger charge is -2.13. The highest BCUT2D eigenvalue weighted by molar-refractivity contribution is 6.10. The van der Waals surface area contributed by atoms with Crippen molar-refractivity contribution in [1.82, 2.24) is 15.2 Å². The van der Waals surface area contributed by atoms with Gasteiger partial charge in [-0.25, -0.2) is 4.39 Å². The lowest BCUT2D eigenvalue weighted by molar-refractivity contribution is 0.0947. The zero-order chi connectivity index (χ0) is 23.4. The number of aryl methyl sites for hydroxylation is 1. The Morgan fingerprint density at radius 3 is 2.79 bits per heavy atom. The fraction of sp³-hybridized carbons (Fsp3) is 0.400. The van der Waals surface area contributed by atoms with Crippen molar-refractivity contribution in [2.45, 2.75) is 32.2 Å². The fourth-order valence-corrected chi connectivity index (χ4v) is 3.96. The van der Waals surface area contributed by atoms with Crippen LogP contribution in [0.4, 0.5) is 10.1 Å².